The molecule has 0 unspecified atom stereocenters. The molecular formula is C9H18NO2. The van der Waals surface area contributed by atoms with Crippen LogP contribution in [-0.4, -0.2) is 11.7 Å². The number of alkyl carbamates (subject to hydrolysis) is 1. The number of rotatable bonds is 2. The molecule has 12 heavy (non-hydrogen) atoms. The molecule has 0 aromatic heterocycles. The Hall–Kier alpha value is -0.730. The molecule has 3 nitrogen and oxygen atoms in total. The standard InChI is InChI=1S/C9H18NO2/c1-6-7(2)10-8(11)12-9(3,4)5/h6H2,1-5H3,(H,10,11). The fourth-order valence-corrected chi connectivity index (χ4v) is 0.566. The normalized spacial score (nSPS) is 11.5. The van der Waals surface area contributed by atoms with Gasteiger partial charge in [0.15, 0.2) is 0 Å². The van der Waals surface area contributed by atoms with Crippen molar-refractivity contribution in [2.75, 3.05) is 0 Å². The van der Waals surface area contributed by atoms with Gasteiger partial charge in [-0.1, -0.05) is 6.92 Å². The summed E-state index contributed by atoms with van der Waals surface area (Å²) >= 11 is 0. The topological polar surface area (TPSA) is 38.3 Å². The van der Waals surface area contributed by atoms with Crippen LogP contribution in [0.4, 0.5) is 4.79 Å². The second kappa shape index (κ2) is 4.33. The molecule has 0 saturated heterocycles. The largest absolute Gasteiger partial charge is 0.444 e. The lowest BCUT2D eigenvalue weighted by Gasteiger charge is -2.21. The van der Waals surface area contributed by atoms with Gasteiger partial charge in [-0.05, 0) is 34.1 Å². The number of carbonyl (C=O) groups is 1. The van der Waals surface area contributed by atoms with Crippen LogP contribution in [0, 0.1) is 6.04 Å². The first kappa shape index (κ1) is 11.3. The van der Waals surface area contributed by atoms with E-state index in [1.165, 1.54) is 0 Å². The number of hydrogen-bond acceptors (Lipinski definition) is 2. The van der Waals surface area contributed by atoms with Crippen molar-refractivity contribution in [3.8, 4) is 0 Å². The van der Waals surface area contributed by atoms with E-state index in [1.807, 2.05) is 34.6 Å². The summed E-state index contributed by atoms with van der Waals surface area (Å²) in [7, 11) is 0. The van der Waals surface area contributed by atoms with Crippen molar-refractivity contribution in [3.63, 3.8) is 0 Å². The van der Waals surface area contributed by atoms with Gasteiger partial charge in [-0.15, -0.1) is 0 Å². The minimum absolute atomic E-state index is 0.373. The number of nitrogens with one attached hydrogen (secondary N) is 1. The SMILES string of the molecule is CC[C](C)NC(=O)OC(C)(C)C. The Kier molecular flexibility index (Phi) is 4.07. The Morgan fingerprint density at radius 3 is 2.25 bits per heavy atom. The molecule has 0 fully saturated rings. The Bertz CT molecular complexity index is 149. The van der Waals surface area contributed by atoms with Crippen LogP contribution in [0.25, 0.3) is 0 Å². The summed E-state index contributed by atoms with van der Waals surface area (Å²) in [5.41, 5.74) is -0.419. The van der Waals surface area contributed by atoms with Crippen LogP contribution in [0.5, 0.6) is 0 Å². The number of ether oxygens (including phenoxy) is 1. The van der Waals surface area contributed by atoms with Crippen LogP contribution >= 0.6 is 0 Å². The maximum Gasteiger partial charge on any atom is 0.408 e. The van der Waals surface area contributed by atoms with E-state index in [0.717, 1.165) is 12.5 Å². The van der Waals surface area contributed by atoms with Crippen molar-refractivity contribution < 1.29 is 9.53 Å². The van der Waals surface area contributed by atoms with Crippen LogP contribution in [-0.2, 0) is 4.74 Å². The van der Waals surface area contributed by atoms with Gasteiger partial charge in [0.05, 0.1) is 6.04 Å². The zero-order valence-electron chi connectivity index (χ0n) is 8.52. The second-order valence-electron chi connectivity index (χ2n) is 3.76. The summed E-state index contributed by atoms with van der Waals surface area (Å²) in [6.07, 6.45) is 0.459. The van der Waals surface area contributed by atoms with E-state index in [9.17, 15) is 4.79 Å². The molecule has 0 aliphatic carbocycles. The molecule has 0 aromatic rings. The zero-order valence-corrected chi connectivity index (χ0v) is 8.52. The van der Waals surface area contributed by atoms with E-state index in [0.29, 0.717) is 0 Å². The smallest absolute Gasteiger partial charge is 0.408 e. The first-order valence-corrected chi connectivity index (χ1v) is 4.17. The number of carbonyl (C=O) groups excluding carboxylic acids is 1. The number of hydrogen-bond donors (Lipinski definition) is 1. The van der Waals surface area contributed by atoms with Crippen molar-refractivity contribution in [2.45, 2.75) is 46.6 Å². The lowest BCUT2D eigenvalue weighted by atomic mass is 10.2. The third-order valence-electron chi connectivity index (χ3n) is 1.24. The van der Waals surface area contributed by atoms with E-state index in [4.69, 9.17) is 4.74 Å². The molecule has 0 saturated carbocycles. The highest BCUT2D eigenvalue weighted by atomic mass is 16.6. The van der Waals surface area contributed by atoms with Crippen LogP contribution < -0.4 is 5.32 Å². The summed E-state index contributed by atoms with van der Waals surface area (Å²) in [6.45, 7) is 9.37. The molecule has 0 atom stereocenters. The molecule has 1 amide bonds. The summed E-state index contributed by atoms with van der Waals surface area (Å²) < 4.78 is 5.04. The van der Waals surface area contributed by atoms with Crippen molar-refractivity contribution in [1.82, 2.24) is 5.32 Å². The summed E-state index contributed by atoms with van der Waals surface area (Å²) in [5.74, 6) is 0. The van der Waals surface area contributed by atoms with Crippen LogP contribution in [0.1, 0.15) is 41.0 Å². The Balaban J connectivity index is 3.75. The molecule has 0 aromatic carbocycles. The van der Waals surface area contributed by atoms with Gasteiger partial charge >= 0.3 is 6.09 Å². The van der Waals surface area contributed by atoms with Gasteiger partial charge in [-0.2, -0.15) is 0 Å². The lowest BCUT2D eigenvalue weighted by molar-refractivity contribution is 0.0531. The van der Waals surface area contributed by atoms with Crippen molar-refractivity contribution in [3.05, 3.63) is 6.04 Å². The maximum atomic E-state index is 11.1. The Morgan fingerprint density at radius 2 is 1.92 bits per heavy atom. The Labute approximate surface area is 74.5 Å². The van der Waals surface area contributed by atoms with Gasteiger partial charge in [-0.25, -0.2) is 4.79 Å². The fourth-order valence-electron chi connectivity index (χ4n) is 0.566. The van der Waals surface area contributed by atoms with Crippen molar-refractivity contribution in [1.29, 1.82) is 0 Å². The third-order valence-corrected chi connectivity index (χ3v) is 1.24. The molecule has 0 aliphatic rings. The molecule has 0 aliphatic heterocycles. The lowest BCUT2D eigenvalue weighted by Crippen LogP contribution is -2.33. The zero-order chi connectivity index (χ0) is 9.78. The molecule has 3 heteroatoms. The molecule has 1 radical (unpaired) electrons. The predicted octanol–water partition coefficient (Wildman–Crippen LogP) is 2.47. The number of amides is 1. The first-order valence-electron chi connectivity index (χ1n) is 4.17. The van der Waals surface area contributed by atoms with Gasteiger partial charge in [0.25, 0.3) is 0 Å². The predicted molar refractivity (Wildman–Crippen MR) is 48.6 cm³/mol. The molecule has 71 valence electrons. The van der Waals surface area contributed by atoms with Gasteiger partial charge in [0.2, 0.25) is 0 Å². The molecule has 0 rings (SSSR count). The minimum Gasteiger partial charge on any atom is -0.444 e. The average Bonchev–Trinajstić information content (AvgIpc) is 1.82. The van der Waals surface area contributed by atoms with E-state index in [1.54, 1.807) is 0 Å². The van der Waals surface area contributed by atoms with Crippen molar-refractivity contribution in [2.24, 2.45) is 0 Å². The average molecular weight is 172 g/mol. The third kappa shape index (κ3) is 6.01. The molecular weight excluding hydrogens is 154 g/mol. The summed E-state index contributed by atoms with van der Waals surface area (Å²) in [6, 6.07) is 0.921. The minimum atomic E-state index is -0.419. The van der Waals surface area contributed by atoms with Gasteiger partial charge in [-0.3, -0.25) is 0 Å². The van der Waals surface area contributed by atoms with Crippen LogP contribution in [0.3, 0.4) is 0 Å². The van der Waals surface area contributed by atoms with Crippen LogP contribution in [0.2, 0.25) is 0 Å². The second-order valence-corrected chi connectivity index (χ2v) is 3.76. The quantitative estimate of drug-likeness (QED) is 0.694. The van der Waals surface area contributed by atoms with E-state index in [2.05, 4.69) is 5.32 Å². The summed E-state index contributed by atoms with van der Waals surface area (Å²) in [5, 5.41) is 2.64. The highest BCUT2D eigenvalue weighted by Crippen LogP contribution is 2.08. The maximum absolute atomic E-state index is 11.1. The molecule has 0 spiro atoms. The summed E-state index contributed by atoms with van der Waals surface area (Å²) in [4.78, 5) is 11.1. The van der Waals surface area contributed by atoms with Gasteiger partial charge in [0.1, 0.15) is 5.60 Å². The Morgan fingerprint density at radius 1 is 1.42 bits per heavy atom. The monoisotopic (exact) mass is 172 g/mol. The highest BCUT2D eigenvalue weighted by Gasteiger charge is 2.16. The van der Waals surface area contributed by atoms with Gasteiger partial charge < -0.3 is 10.1 Å². The molecule has 0 heterocycles. The fraction of sp³-hybridized carbons (Fsp3) is 0.778. The van der Waals surface area contributed by atoms with E-state index >= 15 is 0 Å². The highest BCUT2D eigenvalue weighted by molar-refractivity contribution is 5.69. The molecule has 1 N–H and O–H groups in total. The van der Waals surface area contributed by atoms with E-state index in [-0.39, 0.29) is 6.09 Å². The first-order chi connectivity index (χ1) is 5.35. The van der Waals surface area contributed by atoms with Crippen molar-refractivity contribution >= 4 is 6.09 Å². The van der Waals surface area contributed by atoms with Crippen LogP contribution in [0.15, 0.2) is 0 Å². The molecule has 0 bridgehead atoms. The van der Waals surface area contributed by atoms with E-state index < -0.39 is 5.60 Å². The van der Waals surface area contributed by atoms with Gasteiger partial charge in [0, 0.05) is 0 Å².